The summed E-state index contributed by atoms with van der Waals surface area (Å²) in [6.45, 7) is 4.44. The zero-order chi connectivity index (χ0) is 24.1. The summed E-state index contributed by atoms with van der Waals surface area (Å²) in [4.78, 5) is 35.1. The van der Waals surface area contributed by atoms with Gasteiger partial charge in [0, 0.05) is 11.5 Å². The van der Waals surface area contributed by atoms with Gasteiger partial charge in [-0.15, -0.1) is 0 Å². The van der Waals surface area contributed by atoms with Gasteiger partial charge >= 0.3 is 6.09 Å². The first kappa shape index (κ1) is 27.5. The lowest BCUT2D eigenvalue weighted by atomic mass is 9.99. The Bertz CT molecular complexity index is 844. The average molecular weight is 472 g/mol. The molecule has 0 radical (unpaired) electrons. The molecule has 1 aromatic rings. The third-order valence-electron chi connectivity index (χ3n) is 4.63. The summed E-state index contributed by atoms with van der Waals surface area (Å²) in [6.07, 6.45) is 1.43. The topological polar surface area (TPSA) is 145 Å². The normalized spacial score (nSPS) is 13.4. The molecule has 180 valence electrons. The third-order valence-corrected chi connectivity index (χ3v) is 6.49. The van der Waals surface area contributed by atoms with Crippen LogP contribution in [-0.4, -0.2) is 49.6 Å². The summed E-state index contributed by atoms with van der Waals surface area (Å²) in [5.74, 6) is -1.19. The summed E-state index contributed by atoms with van der Waals surface area (Å²) >= 11 is 0. The number of carbonyl (C=O) groups is 2. The molecule has 0 fully saturated rings. The Morgan fingerprint density at radius 3 is 2.38 bits per heavy atom. The molecule has 1 rings (SSSR count). The quantitative estimate of drug-likeness (QED) is 0.227. The van der Waals surface area contributed by atoms with Gasteiger partial charge in [-0.2, -0.15) is 0 Å². The molecular weight excluding hydrogens is 438 g/mol. The van der Waals surface area contributed by atoms with Crippen molar-refractivity contribution in [2.45, 2.75) is 64.4 Å². The van der Waals surface area contributed by atoms with Crippen LogP contribution in [0.3, 0.4) is 0 Å². The molecule has 0 saturated carbocycles. The molecular formula is C21H33N3O7S. The second-order valence-electron chi connectivity index (χ2n) is 7.97. The Hall–Kier alpha value is -2.53. The number of ketones is 1. The van der Waals surface area contributed by atoms with Gasteiger partial charge in [0.25, 0.3) is 6.54 Å². The Kier molecular flexibility index (Phi) is 11.9. The van der Waals surface area contributed by atoms with Crippen LogP contribution >= 0.6 is 0 Å². The molecule has 2 atom stereocenters. The smallest absolute Gasteiger partial charge is 0.407 e. The molecule has 1 amide bonds. The first-order chi connectivity index (χ1) is 15.1. The number of nitro groups is 1. The molecule has 1 unspecified atom stereocenters. The lowest BCUT2D eigenvalue weighted by molar-refractivity contribution is -0.467. The molecule has 0 aliphatic heterocycles. The Morgan fingerprint density at radius 2 is 1.81 bits per heavy atom. The third kappa shape index (κ3) is 10.2. The molecule has 0 aliphatic carbocycles. The largest absolute Gasteiger partial charge is 0.445 e. The van der Waals surface area contributed by atoms with E-state index in [1.165, 1.54) is 0 Å². The highest BCUT2D eigenvalue weighted by Gasteiger charge is 2.42. The fourth-order valence-electron chi connectivity index (χ4n) is 3.19. The van der Waals surface area contributed by atoms with Gasteiger partial charge < -0.3 is 10.1 Å². The number of hydrogen-bond donors (Lipinski definition) is 2. The van der Waals surface area contributed by atoms with Gasteiger partial charge in [-0.25, -0.2) is 17.9 Å². The zero-order valence-corrected chi connectivity index (χ0v) is 19.6. The maximum absolute atomic E-state index is 13.0. The Morgan fingerprint density at radius 1 is 1.16 bits per heavy atom. The van der Waals surface area contributed by atoms with Crippen molar-refractivity contribution in [3.63, 3.8) is 0 Å². The van der Waals surface area contributed by atoms with E-state index in [0.29, 0.717) is 6.42 Å². The van der Waals surface area contributed by atoms with Gasteiger partial charge in [-0.1, -0.05) is 63.9 Å². The van der Waals surface area contributed by atoms with Gasteiger partial charge in [-0.05, 0) is 24.3 Å². The van der Waals surface area contributed by atoms with Crippen molar-refractivity contribution in [2.75, 3.05) is 13.1 Å². The molecule has 0 saturated heterocycles. The van der Waals surface area contributed by atoms with Crippen LogP contribution in [0.4, 0.5) is 4.79 Å². The molecule has 10 nitrogen and oxygen atoms in total. The minimum absolute atomic E-state index is 0.0450. The highest BCUT2D eigenvalue weighted by molar-refractivity contribution is 7.91. The van der Waals surface area contributed by atoms with Crippen molar-refractivity contribution < 1.29 is 27.7 Å². The van der Waals surface area contributed by atoms with Crippen LogP contribution < -0.4 is 10.0 Å². The number of amides is 1. The van der Waals surface area contributed by atoms with Crippen LogP contribution in [0.2, 0.25) is 0 Å². The number of hydrogen-bond acceptors (Lipinski definition) is 7. The first-order valence-corrected chi connectivity index (χ1v) is 12.2. The lowest BCUT2D eigenvalue weighted by Gasteiger charge is -2.27. The number of nitrogens with one attached hydrogen (secondary N) is 2. The number of ether oxygens (including phenoxy) is 1. The highest BCUT2D eigenvalue weighted by Crippen LogP contribution is 2.17. The second kappa shape index (κ2) is 13.8. The highest BCUT2D eigenvalue weighted by atomic mass is 32.2. The van der Waals surface area contributed by atoms with Gasteiger partial charge in [0.05, 0.1) is 6.04 Å². The number of nitrogens with zero attached hydrogens (tertiary/aromatic N) is 1. The molecule has 0 aliphatic rings. The number of carbonyl (C=O) groups excluding carboxylic acids is 2. The van der Waals surface area contributed by atoms with E-state index in [4.69, 9.17) is 4.74 Å². The van der Waals surface area contributed by atoms with Crippen molar-refractivity contribution in [1.29, 1.82) is 0 Å². The fraction of sp³-hybridized carbons (Fsp3) is 0.619. The second-order valence-corrected chi connectivity index (χ2v) is 9.85. The zero-order valence-electron chi connectivity index (χ0n) is 18.8. The summed E-state index contributed by atoms with van der Waals surface area (Å²) in [6, 6.07) is 7.70. The van der Waals surface area contributed by atoms with E-state index >= 15 is 0 Å². The van der Waals surface area contributed by atoms with Gasteiger partial charge in [0.2, 0.25) is 15.8 Å². The fourth-order valence-corrected chi connectivity index (χ4v) is 4.83. The van der Waals surface area contributed by atoms with Crippen molar-refractivity contribution in [1.82, 2.24) is 10.0 Å². The minimum atomic E-state index is -4.28. The molecule has 0 aromatic heterocycles. The van der Waals surface area contributed by atoms with Crippen LogP contribution in [0.1, 0.15) is 52.0 Å². The monoisotopic (exact) mass is 471 g/mol. The van der Waals surface area contributed by atoms with Crippen molar-refractivity contribution in [2.24, 2.45) is 5.92 Å². The Balaban J connectivity index is 3.05. The van der Waals surface area contributed by atoms with E-state index in [-0.39, 0.29) is 25.5 Å². The summed E-state index contributed by atoms with van der Waals surface area (Å²) in [7, 11) is -4.28. The maximum Gasteiger partial charge on any atom is 0.407 e. The average Bonchev–Trinajstić information content (AvgIpc) is 2.69. The van der Waals surface area contributed by atoms with E-state index in [0.717, 1.165) is 18.4 Å². The van der Waals surface area contributed by atoms with Gasteiger partial charge in [0.1, 0.15) is 6.61 Å². The number of rotatable bonds is 15. The molecule has 32 heavy (non-hydrogen) atoms. The molecule has 0 heterocycles. The predicted molar refractivity (Wildman–Crippen MR) is 120 cm³/mol. The summed E-state index contributed by atoms with van der Waals surface area (Å²) in [5.41, 5.74) is 0.731. The Labute approximate surface area is 189 Å². The summed E-state index contributed by atoms with van der Waals surface area (Å²) < 4.78 is 33.4. The standard InChI is InChI=1S/C21H33N3O7S/c1-4-5-9-12-22-32(29,30)20(19(25)14-24(27)28)18(13-16(2)3)23-21(26)31-15-17-10-7-6-8-11-17/h6-8,10-11,16,18,20,22H,4-5,9,12-15H2,1-3H3,(H,23,26)/t18?,20-/m0/s1. The van der Waals surface area contributed by atoms with Crippen molar-refractivity contribution in [3.05, 3.63) is 46.0 Å². The molecule has 2 N–H and O–H groups in total. The molecule has 0 spiro atoms. The molecule has 11 heteroatoms. The van der Waals surface area contributed by atoms with Crippen LogP contribution in [0.25, 0.3) is 0 Å². The SMILES string of the molecule is CCCCCNS(=O)(=O)[C@H](C(=O)C[N+](=O)[O-])C(CC(C)C)NC(=O)OCc1ccccc1. The lowest BCUT2D eigenvalue weighted by Crippen LogP contribution is -2.55. The maximum atomic E-state index is 13.0. The van der Waals surface area contributed by atoms with Crippen molar-refractivity contribution in [3.8, 4) is 0 Å². The van der Waals surface area contributed by atoms with Crippen LogP contribution in [0.5, 0.6) is 0 Å². The van der Waals surface area contributed by atoms with Gasteiger partial charge in [-0.3, -0.25) is 14.9 Å². The minimum Gasteiger partial charge on any atom is -0.445 e. The molecule has 1 aromatic carbocycles. The molecule has 0 bridgehead atoms. The van der Waals surface area contributed by atoms with Crippen LogP contribution in [0, 0.1) is 16.0 Å². The van der Waals surface area contributed by atoms with Crippen LogP contribution in [0.15, 0.2) is 30.3 Å². The van der Waals surface area contributed by atoms with Gasteiger partial charge in [0.15, 0.2) is 5.25 Å². The number of alkyl carbamates (subject to hydrolysis) is 1. The van der Waals surface area contributed by atoms with E-state index in [1.807, 2.05) is 13.0 Å². The number of benzene rings is 1. The van der Waals surface area contributed by atoms with E-state index in [2.05, 4.69) is 10.0 Å². The van der Waals surface area contributed by atoms with Crippen molar-refractivity contribution >= 4 is 21.9 Å². The number of Topliss-reactive ketones (excluding diaryl/α,β-unsaturated/α-hetero) is 1. The van der Waals surface area contributed by atoms with E-state index in [9.17, 15) is 28.1 Å². The van der Waals surface area contributed by atoms with E-state index in [1.54, 1.807) is 38.1 Å². The number of unbranched alkanes of at least 4 members (excludes halogenated alkanes) is 2. The van der Waals surface area contributed by atoms with Crippen LogP contribution in [-0.2, 0) is 26.2 Å². The summed E-state index contributed by atoms with van der Waals surface area (Å²) in [5, 5.41) is 11.6. The van der Waals surface area contributed by atoms with E-state index < -0.39 is 44.7 Å². The predicted octanol–water partition coefficient (Wildman–Crippen LogP) is 2.65. The first-order valence-electron chi connectivity index (χ1n) is 10.7. The number of sulfonamides is 1.